The molecule has 1 unspecified atom stereocenters. The number of nitrogens with zero attached hydrogens (tertiary/aromatic N) is 3. The van der Waals surface area contributed by atoms with E-state index in [-0.39, 0.29) is 22.6 Å². The Morgan fingerprint density at radius 2 is 1.73 bits per heavy atom. The predicted molar refractivity (Wildman–Crippen MR) is 146 cm³/mol. The van der Waals surface area contributed by atoms with Crippen LogP contribution in [-0.4, -0.2) is 23.7 Å². The summed E-state index contributed by atoms with van der Waals surface area (Å²) in [6, 6.07) is 19.9. The Labute approximate surface area is 223 Å². The van der Waals surface area contributed by atoms with Crippen LogP contribution in [0.3, 0.4) is 0 Å². The van der Waals surface area contributed by atoms with E-state index in [4.69, 9.17) is 14.5 Å². The fraction of sp³-hybridized carbons (Fsp3) is 0.111. The molecule has 0 bridgehead atoms. The number of methoxy groups -OCH3 is 2. The van der Waals surface area contributed by atoms with E-state index in [0.717, 1.165) is 21.3 Å². The second-order valence-corrected chi connectivity index (χ2v) is 10.0. The fourth-order valence-corrected chi connectivity index (χ4v) is 5.42. The van der Waals surface area contributed by atoms with Gasteiger partial charge in [0, 0.05) is 4.47 Å². The van der Waals surface area contributed by atoms with Crippen molar-refractivity contribution in [1.29, 1.82) is 0 Å². The number of benzene rings is 3. The lowest BCUT2D eigenvalue weighted by molar-refractivity contribution is -0.385. The Balaban J connectivity index is 1.75. The minimum absolute atomic E-state index is 0.196. The van der Waals surface area contributed by atoms with Gasteiger partial charge in [-0.1, -0.05) is 69.7 Å². The number of hydrogen-bond acceptors (Lipinski definition) is 7. The lowest BCUT2D eigenvalue weighted by atomic mass is 10.0. The van der Waals surface area contributed by atoms with Gasteiger partial charge in [-0.2, -0.15) is 0 Å². The molecule has 3 aromatic carbocycles. The number of ether oxygens (including phenoxy) is 2. The number of hydrogen-bond donors (Lipinski definition) is 0. The van der Waals surface area contributed by atoms with Crippen LogP contribution in [-0.2, 0) is 0 Å². The summed E-state index contributed by atoms with van der Waals surface area (Å²) in [6.45, 7) is 0. The number of aromatic nitrogens is 1. The highest BCUT2D eigenvalue weighted by Gasteiger charge is 2.24. The molecule has 0 spiro atoms. The number of thiazole rings is 1. The summed E-state index contributed by atoms with van der Waals surface area (Å²) in [4.78, 5) is 30.3. The molecule has 0 N–H and O–H groups in total. The van der Waals surface area contributed by atoms with Gasteiger partial charge in [-0.15, -0.1) is 0 Å². The molecule has 0 saturated heterocycles. The fourth-order valence-electron chi connectivity index (χ4n) is 4.15. The Hall–Kier alpha value is -4.02. The highest BCUT2D eigenvalue weighted by molar-refractivity contribution is 9.10. The average molecular weight is 578 g/mol. The van der Waals surface area contributed by atoms with Crippen molar-refractivity contribution in [1.82, 2.24) is 4.57 Å². The van der Waals surface area contributed by atoms with Gasteiger partial charge in [0.2, 0.25) is 0 Å². The molecule has 4 aromatic rings. The molecule has 10 heteroatoms. The molecule has 0 radical (unpaired) electrons. The summed E-state index contributed by atoms with van der Waals surface area (Å²) in [5.41, 5.74) is 2.34. The monoisotopic (exact) mass is 577 g/mol. The Bertz CT molecular complexity index is 1710. The zero-order chi connectivity index (χ0) is 26.1. The molecule has 186 valence electrons. The van der Waals surface area contributed by atoms with Crippen LogP contribution in [0, 0.1) is 10.1 Å². The van der Waals surface area contributed by atoms with E-state index in [2.05, 4.69) is 15.9 Å². The molecule has 0 fully saturated rings. The average Bonchev–Trinajstić information content (AvgIpc) is 3.23. The zero-order valence-electron chi connectivity index (χ0n) is 19.8. The first kappa shape index (κ1) is 24.7. The van der Waals surface area contributed by atoms with Gasteiger partial charge in [0.25, 0.3) is 11.2 Å². The van der Waals surface area contributed by atoms with Crippen molar-refractivity contribution in [3.8, 4) is 11.5 Å². The summed E-state index contributed by atoms with van der Waals surface area (Å²) in [5, 5.41) is 11.8. The maximum absolute atomic E-state index is 13.7. The maximum atomic E-state index is 13.7. The summed E-state index contributed by atoms with van der Waals surface area (Å²) in [6.07, 6.45) is 3.47. The smallest absolute Gasteiger partial charge is 0.280 e. The van der Waals surface area contributed by atoms with Gasteiger partial charge in [-0.05, 0) is 41.5 Å². The molecule has 1 atom stereocenters. The summed E-state index contributed by atoms with van der Waals surface area (Å²) in [7, 11) is 2.86. The van der Waals surface area contributed by atoms with E-state index >= 15 is 0 Å². The van der Waals surface area contributed by atoms with Gasteiger partial charge in [0.1, 0.15) is 0 Å². The van der Waals surface area contributed by atoms with E-state index < -0.39 is 11.0 Å². The van der Waals surface area contributed by atoms with E-state index in [1.54, 1.807) is 4.57 Å². The number of fused-ring (bicyclic) bond motifs is 1. The van der Waals surface area contributed by atoms with Crippen molar-refractivity contribution < 1.29 is 14.4 Å². The molecule has 1 aliphatic heterocycles. The predicted octanol–water partition coefficient (Wildman–Crippen LogP) is 4.69. The first-order valence-corrected chi connectivity index (χ1v) is 12.8. The van der Waals surface area contributed by atoms with Crippen molar-refractivity contribution >= 4 is 44.7 Å². The number of halogens is 1. The SMILES string of the molecule is COc1cc(C=c2sc3n(c2=O)C(c2ccc(Br)cc2)C=C(c2ccccc2)N=3)c([N+](=O)[O-])cc1OC. The number of nitro benzene ring substituents is 1. The topological polar surface area (TPSA) is 96.0 Å². The van der Waals surface area contributed by atoms with Crippen LogP contribution in [0.5, 0.6) is 11.5 Å². The molecule has 0 aliphatic carbocycles. The van der Waals surface area contributed by atoms with Crippen molar-refractivity contribution in [2.75, 3.05) is 14.2 Å². The molecule has 1 aromatic heterocycles. The quantitative estimate of drug-likeness (QED) is 0.245. The molecule has 2 heterocycles. The molecule has 0 saturated carbocycles. The van der Waals surface area contributed by atoms with Crippen molar-refractivity contribution in [3.63, 3.8) is 0 Å². The Kier molecular flexibility index (Phi) is 6.77. The van der Waals surface area contributed by atoms with Crippen molar-refractivity contribution in [3.05, 3.63) is 124 Å². The van der Waals surface area contributed by atoms with Gasteiger partial charge < -0.3 is 9.47 Å². The van der Waals surface area contributed by atoms with E-state index in [0.29, 0.717) is 15.1 Å². The lowest BCUT2D eigenvalue weighted by Crippen LogP contribution is -2.36. The van der Waals surface area contributed by atoms with Crippen LogP contribution in [0.2, 0.25) is 0 Å². The standard InChI is InChI=1S/C27H20BrN3O5S/c1-35-23-12-18(22(31(33)34)15-24(23)36-2)13-25-26(32)30-21(17-8-10-19(28)11-9-17)14-20(29-27(30)37-25)16-6-4-3-5-7-16/h3-15,21H,1-2H3. The van der Waals surface area contributed by atoms with E-state index in [1.165, 1.54) is 43.8 Å². The zero-order valence-corrected chi connectivity index (χ0v) is 22.2. The van der Waals surface area contributed by atoms with Crippen molar-refractivity contribution in [2.45, 2.75) is 6.04 Å². The lowest BCUT2D eigenvalue weighted by Gasteiger charge is -2.19. The van der Waals surface area contributed by atoms with Crippen LogP contribution in [0.15, 0.2) is 87.1 Å². The summed E-state index contributed by atoms with van der Waals surface area (Å²) >= 11 is 4.65. The Morgan fingerprint density at radius 3 is 2.38 bits per heavy atom. The first-order chi connectivity index (χ1) is 17.9. The van der Waals surface area contributed by atoms with E-state index in [1.807, 2.05) is 60.7 Å². The van der Waals surface area contributed by atoms with E-state index in [9.17, 15) is 14.9 Å². The van der Waals surface area contributed by atoms with Crippen LogP contribution >= 0.6 is 27.3 Å². The van der Waals surface area contributed by atoms with Gasteiger partial charge in [-0.3, -0.25) is 19.5 Å². The molecule has 1 aliphatic rings. The summed E-state index contributed by atoms with van der Waals surface area (Å²) in [5.74, 6) is 0.557. The highest BCUT2D eigenvalue weighted by atomic mass is 79.9. The van der Waals surface area contributed by atoms with Crippen LogP contribution in [0.25, 0.3) is 11.8 Å². The molecular weight excluding hydrogens is 558 g/mol. The van der Waals surface area contributed by atoms with Crippen LogP contribution in [0.4, 0.5) is 5.69 Å². The first-order valence-electron chi connectivity index (χ1n) is 11.1. The third kappa shape index (κ3) is 4.73. The van der Waals surface area contributed by atoms with Crippen molar-refractivity contribution in [2.24, 2.45) is 4.99 Å². The van der Waals surface area contributed by atoms with Crippen LogP contribution in [0.1, 0.15) is 22.7 Å². The molecule has 0 amide bonds. The number of rotatable bonds is 6. The minimum atomic E-state index is -0.511. The normalized spacial score (nSPS) is 14.9. The molecule has 37 heavy (non-hydrogen) atoms. The molecule has 8 nitrogen and oxygen atoms in total. The molecule has 5 rings (SSSR count). The minimum Gasteiger partial charge on any atom is -0.493 e. The Morgan fingerprint density at radius 1 is 1.05 bits per heavy atom. The second kappa shape index (κ2) is 10.2. The molecular formula is C27H20BrN3O5S. The largest absolute Gasteiger partial charge is 0.493 e. The van der Waals surface area contributed by atoms with Gasteiger partial charge >= 0.3 is 0 Å². The maximum Gasteiger partial charge on any atom is 0.280 e. The number of nitro groups is 1. The van der Waals surface area contributed by atoms with Crippen LogP contribution < -0.4 is 24.4 Å². The number of allylic oxidation sites excluding steroid dienone is 1. The van der Waals surface area contributed by atoms with Gasteiger partial charge in [0.05, 0.1) is 47.0 Å². The van der Waals surface area contributed by atoms with Gasteiger partial charge in [0.15, 0.2) is 16.3 Å². The van der Waals surface area contributed by atoms with Gasteiger partial charge in [-0.25, -0.2) is 4.99 Å². The highest BCUT2D eigenvalue weighted by Crippen LogP contribution is 2.35. The second-order valence-electron chi connectivity index (χ2n) is 8.12. The summed E-state index contributed by atoms with van der Waals surface area (Å²) < 4.78 is 13.4. The third-order valence-corrected chi connectivity index (χ3v) is 7.46. The third-order valence-electron chi connectivity index (χ3n) is 5.94.